The zero-order valence-electron chi connectivity index (χ0n) is 40.2. The molecule has 3 saturated heterocycles. The van der Waals surface area contributed by atoms with Crippen LogP contribution < -0.4 is 37.2 Å². The maximum atomic E-state index is 11.9. The smallest absolute Gasteiger partial charge is 0.327 e. The third-order valence-corrected chi connectivity index (χ3v) is 8.66. The summed E-state index contributed by atoms with van der Waals surface area (Å²) in [6.07, 6.45) is 6.90. The van der Waals surface area contributed by atoms with Gasteiger partial charge in [-0.15, -0.1) is 0 Å². The molecule has 3 aliphatic heterocycles. The number of thioether (sulfide) groups is 2. The number of carbonyl (C=O) groups is 7. The van der Waals surface area contributed by atoms with Crippen LogP contribution in [0.5, 0.6) is 0 Å². The molecule has 3 unspecified atom stereocenters. The fraction of sp³-hybridized carbons (Fsp3) is 0.825. The number of carboxylic acids is 3. The Balaban J connectivity index is -0.000000166. The second kappa shape index (κ2) is 52.1. The molecular formula is C40H85N7O13S2. The molecule has 0 bridgehead atoms. The fourth-order valence-electron chi connectivity index (χ4n) is 3.07. The summed E-state index contributed by atoms with van der Waals surface area (Å²) < 4.78 is 14.2. The highest BCUT2D eigenvalue weighted by atomic mass is 32.2. The van der Waals surface area contributed by atoms with Crippen LogP contribution in [0.25, 0.3) is 0 Å². The molecule has 0 aromatic heterocycles. The van der Waals surface area contributed by atoms with Crippen molar-refractivity contribution in [3.63, 3.8) is 0 Å². The molecule has 0 aromatic rings. The van der Waals surface area contributed by atoms with Crippen LogP contribution >= 0.6 is 23.5 Å². The molecule has 370 valence electrons. The Hall–Kier alpha value is -3.25. The van der Waals surface area contributed by atoms with E-state index in [4.69, 9.17) is 29.5 Å². The Morgan fingerprint density at radius 3 is 0.968 bits per heavy atom. The molecule has 3 fully saturated rings. The first kappa shape index (κ1) is 70.4. The topological polar surface area (TPSA) is 292 Å². The van der Waals surface area contributed by atoms with Crippen LogP contribution in [0.15, 0.2) is 0 Å². The van der Waals surface area contributed by atoms with Crippen molar-refractivity contribution in [2.45, 2.75) is 124 Å². The summed E-state index contributed by atoms with van der Waals surface area (Å²) in [7, 11) is 6.45. The third-order valence-electron chi connectivity index (χ3n) is 7.32. The van der Waals surface area contributed by atoms with E-state index in [9.17, 15) is 33.6 Å². The molecule has 10 N–H and O–H groups in total. The van der Waals surface area contributed by atoms with E-state index < -0.39 is 60.3 Å². The van der Waals surface area contributed by atoms with Gasteiger partial charge in [-0.2, -0.15) is 23.5 Å². The standard InChI is InChI=1S/C12H21N3O6S.C8H16N2O3S.C5H12N2O.3C3H6O.3C2H6/c1-6(10(18)15-8(5-22-3)12(20)21)14-11(19)7(13-2)4-9(16)17;1-5(9-2)7(11)10-6(4-14-3)8(12)13;1-4(6-2)5(8)7-3;3*1-2-4-3-1;3*1-2/h6-8,13H,4-5H2,1-3H3,(H,14,19)(H,15,18)(H,16,17)(H,20,21);5-6,9H,4H2,1-3H3,(H,10,11)(H,12,13);4,6H,1-3H3,(H,7,8);3*1-3H2;3*1-2H3/t6?,7-,8-;5?,6-;;;;;;;/m00......./s1. The zero-order chi connectivity index (χ0) is 49.5. The molecule has 3 aliphatic rings. The van der Waals surface area contributed by atoms with E-state index in [-0.39, 0.29) is 29.7 Å². The van der Waals surface area contributed by atoms with E-state index in [0.29, 0.717) is 5.75 Å². The molecule has 20 nitrogen and oxygen atoms in total. The van der Waals surface area contributed by atoms with Crippen molar-refractivity contribution in [3.05, 3.63) is 0 Å². The molecular weight excluding hydrogens is 851 g/mol. The number of aliphatic carboxylic acids is 3. The summed E-state index contributed by atoms with van der Waals surface area (Å²) in [6, 6.07) is -4.29. The minimum Gasteiger partial charge on any atom is -0.481 e. The highest BCUT2D eigenvalue weighted by molar-refractivity contribution is 7.98. The van der Waals surface area contributed by atoms with Gasteiger partial charge in [0.15, 0.2) is 0 Å². The lowest BCUT2D eigenvalue weighted by Gasteiger charge is -2.20. The summed E-state index contributed by atoms with van der Waals surface area (Å²) in [5.74, 6) is -4.34. The highest BCUT2D eigenvalue weighted by Gasteiger charge is 2.26. The molecule has 0 saturated carbocycles. The number of nitrogens with one attached hydrogen (secondary N) is 7. The van der Waals surface area contributed by atoms with Gasteiger partial charge in [-0.3, -0.25) is 24.0 Å². The van der Waals surface area contributed by atoms with Crippen molar-refractivity contribution < 1.29 is 63.1 Å². The van der Waals surface area contributed by atoms with Crippen LogP contribution in [0.4, 0.5) is 0 Å². The van der Waals surface area contributed by atoms with E-state index in [0.717, 1.165) is 39.6 Å². The molecule has 0 radical (unpaired) electrons. The first-order valence-corrected chi connectivity index (χ1v) is 23.8. The number of rotatable bonds is 18. The SMILES string of the molecule is C1COC1.C1COC1.C1COC1.CC.CC.CC.CNC(=O)C(C)NC.CNC(C)C(=O)N[C@@H](CSC)C(=O)O.CN[C@@H](CC(=O)O)C(=O)NC(C)C(=O)N[C@@H](CSC)C(=O)O. The first-order chi connectivity index (χ1) is 29.5. The fourth-order valence-corrected chi connectivity index (χ4v) is 4.19. The number of amides is 4. The van der Waals surface area contributed by atoms with Crippen LogP contribution in [0.3, 0.4) is 0 Å². The van der Waals surface area contributed by atoms with Gasteiger partial charge < -0.3 is 66.7 Å². The summed E-state index contributed by atoms with van der Waals surface area (Å²) in [5.41, 5.74) is 0. The number of likely N-dealkylation sites (N-methyl/N-ethyl adjacent to an activating group) is 4. The van der Waals surface area contributed by atoms with Crippen LogP contribution in [0.1, 0.15) is 88.0 Å². The lowest BCUT2D eigenvalue weighted by molar-refractivity contribution is -0.142. The van der Waals surface area contributed by atoms with E-state index in [1.807, 2.05) is 41.5 Å². The van der Waals surface area contributed by atoms with E-state index in [1.165, 1.54) is 56.8 Å². The van der Waals surface area contributed by atoms with Crippen molar-refractivity contribution in [2.75, 3.05) is 91.8 Å². The number of ether oxygens (including phenoxy) is 3. The minimum absolute atomic E-state index is 0.0208. The van der Waals surface area contributed by atoms with Crippen LogP contribution in [0.2, 0.25) is 0 Å². The second-order valence-electron chi connectivity index (χ2n) is 11.9. The molecule has 0 spiro atoms. The summed E-state index contributed by atoms with van der Waals surface area (Å²) in [5, 5.41) is 44.1. The van der Waals surface area contributed by atoms with Gasteiger partial charge in [-0.25, -0.2) is 9.59 Å². The maximum absolute atomic E-state index is 11.9. The average Bonchev–Trinajstić information content (AvgIpc) is 3.19. The molecule has 3 rings (SSSR count). The van der Waals surface area contributed by atoms with Gasteiger partial charge >= 0.3 is 17.9 Å². The number of hydrogen-bond donors (Lipinski definition) is 10. The predicted molar refractivity (Wildman–Crippen MR) is 250 cm³/mol. The van der Waals surface area contributed by atoms with Gasteiger partial charge in [0.1, 0.15) is 18.1 Å². The molecule has 62 heavy (non-hydrogen) atoms. The summed E-state index contributed by atoms with van der Waals surface area (Å²) >= 11 is 2.65. The normalized spacial score (nSPS) is 15.0. The van der Waals surface area contributed by atoms with Crippen molar-refractivity contribution in [1.29, 1.82) is 0 Å². The molecule has 0 aliphatic carbocycles. The Kier molecular flexibility index (Phi) is 59.2. The van der Waals surface area contributed by atoms with Crippen molar-refractivity contribution in [3.8, 4) is 0 Å². The van der Waals surface area contributed by atoms with Gasteiger partial charge in [0.25, 0.3) is 0 Å². The zero-order valence-corrected chi connectivity index (χ0v) is 41.8. The van der Waals surface area contributed by atoms with Gasteiger partial charge in [0.2, 0.25) is 23.6 Å². The van der Waals surface area contributed by atoms with Crippen LogP contribution in [0, 0.1) is 0 Å². The maximum Gasteiger partial charge on any atom is 0.327 e. The Morgan fingerprint density at radius 1 is 0.484 bits per heavy atom. The minimum atomic E-state index is -1.17. The lowest BCUT2D eigenvalue weighted by atomic mass is 10.1. The summed E-state index contributed by atoms with van der Waals surface area (Å²) in [6.45, 7) is 22.9. The monoisotopic (exact) mass is 936 g/mol. The van der Waals surface area contributed by atoms with Gasteiger partial charge in [0.05, 0.1) is 24.5 Å². The van der Waals surface area contributed by atoms with E-state index >= 15 is 0 Å². The van der Waals surface area contributed by atoms with E-state index in [2.05, 4.69) is 37.2 Å². The van der Waals surface area contributed by atoms with Crippen LogP contribution in [-0.4, -0.2) is 185 Å². The lowest BCUT2D eigenvalue weighted by Crippen LogP contribution is -2.54. The quantitative estimate of drug-likeness (QED) is 0.0935. The first-order valence-electron chi connectivity index (χ1n) is 21.0. The molecule has 22 heteroatoms. The van der Waals surface area contributed by atoms with Gasteiger partial charge in [-0.1, -0.05) is 41.5 Å². The molecule has 6 atom stereocenters. The summed E-state index contributed by atoms with van der Waals surface area (Å²) in [4.78, 5) is 77.8. The molecule has 4 amide bonds. The van der Waals surface area contributed by atoms with Gasteiger partial charge in [0, 0.05) is 58.2 Å². The number of carboxylic acid groups (broad SMARTS) is 3. The van der Waals surface area contributed by atoms with Crippen molar-refractivity contribution in [2.24, 2.45) is 0 Å². The Morgan fingerprint density at radius 2 is 0.774 bits per heavy atom. The predicted octanol–water partition coefficient (Wildman–Crippen LogP) is 1.65. The van der Waals surface area contributed by atoms with Gasteiger partial charge in [-0.05, 0) is 73.7 Å². The average molecular weight is 936 g/mol. The Labute approximate surface area is 380 Å². The highest BCUT2D eigenvalue weighted by Crippen LogP contribution is 2.00. The van der Waals surface area contributed by atoms with Crippen molar-refractivity contribution in [1.82, 2.24) is 37.2 Å². The van der Waals surface area contributed by atoms with Crippen LogP contribution in [-0.2, 0) is 47.8 Å². The number of hydrogen-bond acceptors (Lipinski definition) is 15. The largest absolute Gasteiger partial charge is 0.481 e. The Bertz CT molecular complexity index is 1090. The molecule has 3 heterocycles. The second-order valence-corrected chi connectivity index (χ2v) is 13.7. The third kappa shape index (κ3) is 44.8. The van der Waals surface area contributed by atoms with Crippen molar-refractivity contribution >= 4 is 65.1 Å². The van der Waals surface area contributed by atoms with E-state index in [1.54, 1.807) is 47.5 Å². The number of carbonyl (C=O) groups excluding carboxylic acids is 4. The molecule has 0 aromatic carbocycles.